The molecule has 1 fully saturated rings. The van der Waals surface area contributed by atoms with Crippen molar-refractivity contribution in [3.8, 4) is 0 Å². The number of hydrogen-bond acceptors (Lipinski definition) is 3. The Morgan fingerprint density at radius 2 is 2.00 bits per heavy atom. The van der Waals surface area contributed by atoms with Crippen LogP contribution < -0.4 is 4.90 Å². The molecule has 1 aliphatic heterocycles. The summed E-state index contributed by atoms with van der Waals surface area (Å²) in [6.45, 7) is 13.3. The Hall–Kier alpha value is -1.13. The average molecular weight is 333 g/mol. The van der Waals surface area contributed by atoms with Gasteiger partial charge < -0.3 is 9.33 Å². The largest absolute Gasteiger partial charge is 0.413 e. The van der Waals surface area contributed by atoms with E-state index in [-0.39, 0.29) is 11.5 Å². The number of carbonyl (C=O) groups is 1. The highest BCUT2D eigenvalue weighted by molar-refractivity contribution is 6.48. The predicted molar refractivity (Wildman–Crippen MR) is 98.6 cm³/mol. The lowest BCUT2D eigenvalue weighted by atomic mass is 9.78. The molecule has 1 aliphatic rings. The van der Waals surface area contributed by atoms with Gasteiger partial charge in [-0.25, -0.2) is 0 Å². The van der Waals surface area contributed by atoms with Gasteiger partial charge in [-0.05, 0) is 43.5 Å². The fourth-order valence-electron chi connectivity index (χ4n) is 3.59. The topological polar surface area (TPSA) is 29.5 Å². The van der Waals surface area contributed by atoms with Gasteiger partial charge in [0.15, 0.2) is 6.29 Å². The average Bonchev–Trinajstić information content (AvgIpc) is 2.51. The quantitative estimate of drug-likeness (QED) is 0.591. The standard InChI is InChI=1S/C19H30NO2Si/c1-19(2,3)18(22-23(4)5)15-10-8-12-20(13-15)17-11-7-6-9-16(17)14-21/h6-7,9,11,14-15,18H,8,10,12-13H2,1-5H3. The van der Waals surface area contributed by atoms with E-state index in [0.717, 1.165) is 37.0 Å². The first-order valence-electron chi connectivity index (χ1n) is 8.59. The van der Waals surface area contributed by atoms with Crippen molar-refractivity contribution >= 4 is 21.0 Å². The van der Waals surface area contributed by atoms with Crippen LogP contribution in [0.25, 0.3) is 0 Å². The molecule has 2 atom stereocenters. The molecule has 3 nitrogen and oxygen atoms in total. The summed E-state index contributed by atoms with van der Waals surface area (Å²) in [5.41, 5.74) is 2.00. The lowest BCUT2D eigenvalue weighted by Gasteiger charge is -2.44. The molecule has 1 aromatic carbocycles. The van der Waals surface area contributed by atoms with Gasteiger partial charge in [-0.15, -0.1) is 0 Å². The number of para-hydroxylation sites is 1. The summed E-state index contributed by atoms with van der Waals surface area (Å²) in [7, 11) is -0.733. The van der Waals surface area contributed by atoms with Gasteiger partial charge in [-0.1, -0.05) is 32.9 Å². The molecule has 0 bridgehead atoms. The Bertz CT molecular complexity index is 524. The number of hydrogen-bond donors (Lipinski definition) is 0. The molecule has 23 heavy (non-hydrogen) atoms. The minimum atomic E-state index is -0.733. The van der Waals surface area contributed by atoms with Crippen molar-refractivity contribution in [2.24, 2.45) is 11.3 Å². The van der Waals surface area contributed by atoms with E-state index in [1.807, 2.05) is 18.2 Å². The summed E-state index contributed by atoms with van der Waals surface area (Å²) in [6, 6.07) is 7.91. The highest BCUT2D eigenvalue weighted by Crippen LogP contribution is 2.35. The molecule has 0 spiro atoms. The summed E-state index contributed by atoms with van der Waals surface area (Å²) in [4.78, 5) is 13.7. The minimum absolute atomic E-state index is 0.139. The molecular weight excluding hydrogens is 302 g/mol. The van der Waals surface area contributed by atoms with E-state index >= 15 is 0 Å². The molecule has 4 heteroatoms. The van der Waals surface area contributed by atoms with Crippen LogP contribution >= 0.6 is 0 Å². The van der Waals surface area contributed by atoms with Crippen LogP contribution in [0.3, 0.4) is 0 Å². The van der Waals surface area contributed by atoms with Gasteiger partial charge in [0.1, 0.15) is 0 Å². The highest BCUT2D eigenvalue weighted by atomic mass is 28.3. The lowest BCUT2D eigenvalue weighted by molar-refractivity contribution is 0.0270. The summed E-state index contributed by atoms with van der Waals surface area (Å²) < 4.78 is 6.40. The normalized spacial score (nSPS) is 20.6. The van der Waals surface area contributed by atoms with Crippen LogP contribution in [0.2, 0.25) is 13.1 Å². The third-order valence-corrected chi connectivity index (χ3v) is 5.23. The monoisotopic (exact) mass is 332 g/mol. The number of anilines is 1. The molecule has 1 aromatic rings. The molecule has 1 saturated heterocycles. The molecule has 1 heterocycles. The van der Waals surface area contributed by atoms with Gasteiger partial charge in [0.2, 0.25) is 9.04 Å². The second kappa shape index (κ2) is 7.62. The van der Waals surface area contributed by atoms with Crippen molar-refractivity contribution in [1.82, 2.24) is 0 Å². The zero-order valence-electron chi connectivity index (χ0n) is 15.1. The van der Waals surface area contributed by atoms with Crippen LogP contribution in [0, 0.1) is 11.3 Å². The second-order valence-electron chi connectivity index (χ2n) is 7.84. The van der Waals surface area contributed by atoms with Gasteiger partial charge >= 0.3 is 0 Å². The zero-order chi connectivity index (χ0) is 17.0. The van der Waals surface area contributed by atoms with E-state index in [9.17, 15) is 4.79 Å². The molecule has 0 amide bonds. The van der Waals surface area contributed by atoms with E-state index in [1.165, 1.54) is 6.42 Å². The number of piperidine rings is 1. The van der Waals surface area contributed by atoms with Gasteiger partial charge in [0.25, 0.3) is 0 Å². The van der Waals surface area contributed by atoms with Gasteiger partial charge in [0, 0.05) is 30.3 Å². The Kier molecular flexibility index (Phi) is 6.04. The fourth-order valence-corrected chi connectivity index (χ4v) is 4.64. The van der Waals surface area contributed by atoms with Crippen LogP contribution in [-0.4, -0.2) is 34.5 Å². The Balaban J connectivity index is 2.20. The first-order valence-corrected chi connectivity index (χ1v) is 11.0. The minimum Gasteiger partial charge on any atom is -0.413 e. The van der Waals surface area contributed by atoms with Crippen molar-refractivity contribution in [2.75, 3.05) is 18.0 Å². The van der Waals surface area contributed by atoms with E-state index in [2.05, 4.69) is 44.8 Å². The SMILES string of the molecule is C[Si](C)OC(C1CCCN(c2ccccc2C=O)C1)C(C)(C)C. The van der Waals surface area contributed by atoms with E-state index in [4.69, 9.17) is 4.43 Å². The first kappa shape index (κ1) is 18.2. The Labute approximate surface area is 142 Å². The summed E-state index contributed by atoms with van der Waals surface area (Å²) in [6.07, 6.45) is 3.60. The Morgan fingerprint density at radius 1 is 1.30 bits per heavy atom. The first-order chi connectivity index (χ1) is 10.8. The van der Waals surface area contributed by atoms with E-state index in [1.54, 1.807) is 0 Å². The number of nitrogens with zero attached hydrogens (tertiary/aromatic N) is 1. The third-order valence-electron chi connectivity index (χ3n) is 4.51. The van der Waals surface area contributed by atoms with E-state index in [0.29, 0.717) is 5.92 Å². The number of aldehydes is 1. The lowest BCUT2D eigenvalue weighted by Crippen LogP contribution is -2.47. The molecule has 127 valence electrons. The van der Waals surface area contributed by atoms with Crippen LogP contribution in [0.4, 0.5) is 5.69 Å². The van der Waals surface area contributed by atoms with Crippen LogP contribution in [0.15, 0.2) is 24.3 Å². The van der Waals surface area contributed by atoms with Gasteiger partial charge in [-0.2, -0.15) is 0 Å². The fraction of sp³-hybridized carbons (Fsp3) is 0.632. The zero-order valence-corrected chi connectivity index (χ0v) is 16.1. The Morgan fingerprint density at radius 3 is 2.61 bits per heavy atom. The number of benzene rings is 1. The predicted octanol–water partition coefficient (Wildman–Crippen LogP) is 4.40. The molecule has 0 aliphatic carbocycles. The maximum absolute atomic E-state index is 11.3. The van der Waals surface area contributed by atoms with Crippen molar-refractivity contribution < 1.29 is 9.22 Å². The van der Waals surface area contributed by atoms with E-state index < -0.39 is 9.04 Å². The van der Waals surface area contributed by atoms with Gasteiger partial charge in [0.05, 0.1) is 6.10 Å². The molecule has 0 saturated carbocycles. The summed E-state index contributed by atoms with van der Waals surface area (Å²) in [5.74, 6) is 0.517. The number of carbonyl (C=O) groups excluding carboxylic acids is 1. The van der Waals surface area contributed by atoms with Crippen LogP contribution in [-0.2, 0) is 4.43 Å². The highest BCUT2D eigenvalue weighted by Gasteiger charge is 2.36. The molecule has 0 aromatic heterocycles. The van der Waals surface area contributed by atoms with Gasteiger partial charge in [-0.3, -0.25) is 4.79 Å². The molecule has 2 unspecified atom stereocenters. The van der Waals surface area contributed by atoms with Crippen LogP contribution in [0.5, 0.6) is 0 Å². The van der Waals surface area contributed by atoms with Crippen molar-refractivity contribution in [3.63, 3.8) is 0 Å². The smallest absolute Gasteiger partial charge is 0.205 e. The van der Waals surface area contributed by atoms with Crippen molar-refractivity contribution in [2.45, 2.75) is 52.8 Å². The maximum Gasteiger partial charge on any atom is 0.205 e. The maximum atomic E-state index is 11.3. The third kappa shape index (κ3) is 4.67. The second-order valence-corrected chi connectivity index (χ2v) is 9.89. The number of rotatable bonds is 5. The summed E-state index contributed by atoms with van der Waals surface area (Å²) in [5, 5.41) is 0. The molecular formula is C19H30NO2Si. The van der Waals surface area contributed by atoms with Crippen LogP contribution in [0.1, 0.15) is 44.0 Å². The van der Waals surface area contributed by atoms with Crippen molar-refractivity contribution in [1.29, 1.82) is 0 Å². The molecule has 2 rings (SSSR count). The molecule has 0 N–H and O–H groups in total. The van der Waals surface area contributed by atoms with Crippen molar-refractivity contribution in [3.05, 3.63) is 29.8 Å². The summed E-state index contributed by atoms with van der Waals surface area (Å²) >= 11 is 0. The molecule has 1 radical (unpaired) electrons.